The molecule has 16 heteroatoms. The van der Waals surface area contributed by atoms with Gasteiger partial charge in [-0.25, -0.2) is 13.1 Å². The molecule has 15 nitrogen and oxygen atoms in total. The fraction of sp³-hybridized carbons (Fsp3) is 0.429. The lowest BCUT2D eigenvalue weighted by Gasteiger charge is -2.18. The second-order valence-corrected chi connectivity index (χ2v) is 9.71. The molecule has 0 saturated carbocycles. The highest BCUT2D eigenvalue weighted by Gasteiger charge is 2.26. The number of nitrogens with one attached hydrogen (secondary N) is 4. The number of aliphatic carboxylic acids is 1. The van der Waals surface area contributed by atoms with Crippen molar-refractivity contribution in [1.29, 1.82) is 5.41 Å². The maximum Gasteiger partial charge on any atom is 0.303 e. The predicted molar refractivity (Wildman–Crippen MR) is 135 cm³/mol. The lowest BCUT2D eigenvalue weighted by molar-refractivity contribution is -0.137. The van der Waals surface area contributed by atoms with E-state index in [4.69, 9.17) is 27.7 Å². The van der Waals surface area contributed by atoms with Crippen molar-refractivity contribution in [1.82, 2.24) is 15.4 Å². The van der Waals surface area contributed by atoms with Gasteiger partial charge in [-0.1, -0.05) is 18.2 Å². The standard InChI is InChI=1S/C21H32N8O7S/c22-19(23)14-4-1-3-13(9-14)12-37(35,36)29-16(6-7-18(32)33)20(34)27-10-17(31)28-15(11-30)5-2-8-26-21(24)25/h1,3-4,9,11,15-16,29H,2,5-8,10,12H2,(H3,22,23)(H,27,34)(H,28,31)(H,32,33)(H4,24,25,26)/t15-,16-/m0/s1. The highest BCUT2D eigenvalue weighted by Crippen LogP contribution is 2.10. The van der Waals surface area contributed by atoms with E-state index in [0.717, 1.165) is 0 Å². The molecule has 0 aromatic heterocycles. The molecule has 0 spiro atoms. The number of aliphatic imine (C=N–C) groups is 1. The summed E-state index contributed by atoms with van der Waals surface area (Å²) in [5.41, 5.74) is 16.4. The van der Waals surface area contributed by atoms with Crippen LogP contribution in [0.4, 0.5) is 0 Å². The Balaban J connectivity index is 2.76. The van der Waals surface area contributed by atoms with E-state index in [0.29, 0.717) is 18.3 Å². The maximum atomic E-state index is 12.7. The normalized spacial score (nSPS) is 12.5. The summed E-state index contributed by atoms with van der Waals surface area (Å²) in [4.78, 5) is 50.7. The molecular formula is C21H32N8O7S. The van der Waals surface area contributed by atoms with Gasteiger partial charge in [0.1, 0.15) is 18.2 Å². The number of guanidine groups is 1. The van der Waals surface area contributed by atoms with Crippen molar-refractivity contribution in [3.63, 3.8) is 0 Å². The Labute approximate surface area is 213 Å². The van der Waals surface area contributed by atoms with E-state index in [2.05, 4.69) is 20.3 Å². The van der Waals surface area contributed by atoms with Crippen molar-refractivity contribution in [3.8, 4) is 0 Å². The zero-order valence-electron chi connectivity index (χ0n) is 20.0. The van der Waals surface area contributed by atoms with E-state index < -0.39 is 58.6 Å². The van der Waals surface area contributed by atoms with Crippen LogP contribution in [0.25, 0.3) is 0 Å². The third kappa shape index (κ3) is 13.0. The molecule has 2 amide bonds. The van der Waals surface area contributed by atoms with Crippen molar-refractivity contribution in [2.75, 3.05) is 13.1 Å². The Morgan fingerprint density at radius 1 is 1.16 bits per heavy atom. The van der Waals surface area contributed by atoms with Gasteiger partial charge < -0.3 is 37.7 Å². The Bertz CT molecular complexity index is 1120. The minimum atomic E-state index is -4.14. The molecule has 0 aliphatic heterocycles. The van der Waals surface area contributed by atoms with Crippen LogP contribution in [-0.2, 0) is 35.0 Å². The van der Waals surface area contributed by atoms with Gasteiger partial charge in [-0.3, -0.25) is 24.8 Å². The third-order valence-electron chi connectivity index (χ3n) is 4.78. The highest BCUT2D eigenvalue weighted by atomic mass is 32.2. The van der Waals surface area contributed by atoms with Gasteiger partial charge in [0.05, 0.1) is 18.3 Å². The van der Waals surface area contributed by atoms with Crippen molar-refractivity contribution in [3.05, 3.63) is 35.4 Å². The lowest BCUT2D eigenvalue weighted by atomic mass is 10.1. The zero-order valence-corrected chi connectivity index (χ0v) is 20.8. The largest absolute Gasteiger partial charge is 0.481 e. The number of amides is 2. The van der Waals surface area contributed by atoms with E-state index in [9.17, 15) is 27.6 Å². The number of hydrogen-bond acceptors (Lipinski definition) is 8. The quantitative estimate of drug-likeness (QED) is 0.0444. The minimum Gasteiger partial charge on any atom is -0.481 e. The van der Waals surface area contributed by atoms with Crippen LogP contribution in [0.15, 0.2) is 29.3 Å². The first-order valence-electron chi connectivity index (χ1n) is 11.1. The summed E-state index contributed by atoms with van der Waals surface area (Å²) in [5, 5.41) is 21.1. The van der Waals surface area contributed by atoms with Crippen LogP contribution >= 0.6 is 0 Å². The summed E-state index contributed by atoms with van der Waals surface area (Å²) in [6.45, 7) is -0.327. The molecule has 0 aliphatic rings. The van der Waals surface area contributed by atoms with Crippen LogP contribution in [0.2, 0.25) is 0 Å². The fourth-order valence-corrected chi connectivity index (χ4v) is 4.42. The smallest absolute Gasteiger partial charge is 0.303 e. The topological polar surface area (TPSA) is 273 Å². The number of nitrogens with two attached hydrogens (primary N) is 3. The second kappa shape index (κ2) is 15.1. The number of nitrogen functional groups attached to an aromatic ring is 1. The second-order valence-electron chi connectivity index (χ2n) is 7.95. The van der Waals surface area contributed by atoms with Crippen molar-refractivity contribution < 1.29 is 32.7 Å². The molecule has 37 heavy (non-hydrogen) atoms. The molecular weight excluding hydrogens is 508 g/mol. The Morgan fingerprint density at radius 2 is 1.86 bits per heavy atom. The van der Waals surface area contributed by atoms with Crippen molar-refractivity contribution in [2.45, 2.75) is 43.5 Å². The zero-order chi connectivity index (χ0) is 28.0. The summed E-state index contributed by atoms with van der Waals surface area (Å²) in [5.74, 6) is -3.81. The lowest BCUT2D eigenvalue weighted by Crippen LogP contribution is -2.50. The molecule has 1 aromatic rings. The van der Waals surface area contributed by atoms with E-state index in [-0.39, 0.29) is 36.7 Å². The summed E-state index contributed by atoms with van der Waals surface area (Å²) in [6.07, 6.45) is 0.265. The van der Waals surface area contributed by atoms with Gasteiger partial charge >= 0.3 is 5.97 Å². The predicted octanol–water partition coefficient (Wildman–Crippen LogP) is -2.52. The number of carbonyl (C=O) groups excluding carboxylic acids is 3. The summed E-state index contributed by atoms with van der Waals surface area (Å²) < 4.78 is 27.5. The van der Waals surface area contributed by atoms with Crippen LogP contribution in [0.5, 0.6) is 0 Å². The van der Waals surface area contributed by atoms with Gasteiger partial charge in [0, 0.05) is 18.5 Å². The molecule has 1 rings (SSSR count). The molecule has 0 radical (unpaired) electrons. The van der Waals surface area contributed by atoms with E-state index in [1.54, 1.807) is 0 Å². The van der Waals surface area contributed by atoms with Crippen LogP contribution in [0.3, 0.4) is 0 Å². The molecule has 0 aliphatic carbocycles. The van der Waals surface area contributed by atoms with E-state index in [1.807, 2.05) is 0 Å². The number of amidine groups is 1. The first kappa shape index (κ1) is 31.0. The molecule has 204 valence electrons. The molecule has 1 aromatic carbocycles. The van der Waals surface area contributed by atoms with Crippen LogP contribution in [0.1, 0.15) is 36.8 Å². The molecule has 0 unspecified atom stereocenters. The molecule has 0 fully saturated rings. The summed E-state index contributed by atoms with van der Waals surface area (Å²) >= 11 is 0. The van der Waals surface area contributed by atoms with Gasteiger partial charge in [-0.15, -0.1) is 0 Å². The van der Waals surface area contributed by atoms with Gasteiger partial charge in [-0.05, 0) is 30.9 Å². The monoisotopic (exact) mass is 540 g/mol. The third-order valence-corrected chi connectivity index (χ3v) is 6.14. The first-order valence-corrected chi connectivity index (χ1v) is 12.7. The SMILES string of the molecule is N=C(N)c1cccc(CS(=O)(=O)N[C@@H](CCC(=O)O)C(=O)NCC(=O)N[C@H](C=O)CCCN=C(N)N)c1. The highest BCUT2D eigenvalue weighted by molar-refractivity contribution is 7.88. The Morgan fingerprint density at radius 3 is 2.46 bits per heavy atom. The average molecular weight is 541 g/mol. The number of aldehydes is 1. The fourth-order valence-electron chi connectivity index (χ4n) is 3.06. The summed E-state index contributed by atoms with van der Waals surface area (Å²) in [7, 11) is -4.14. The number of carboxylic acid groups (broad SMARTS) is 1. The number of hydrogen-bond donors (Lipinski definition) is 8. The average Bonchev–Trinajstić information content (AvgIpc) is 2.81. The van der Waals surface area contributed by atoms with Crippen molar-refractivity contribution >= 4 is 45.9 Å². The number of rotatable bonds is 17. The first-order chi connectivity index (χ1) is 17.3. The van der Waals surface area contributed by atoms with Gasteiger partial charge in [0.2, 0.25) is 21.8 Å². The van der Waals surface area contributed by atoms with Crippen molar-refractivity contribution in [2.24, 2.45) is 22.2 Å². The van der Waals surface area contributed by atoms with Gasteiger partial charge in [-0.2, -0.15) is 0 Å². The molecule has 11 N–H and O–H groups in total. The number of carbonyl (C=O) groups is 4. The summed E-state index contributed by atoms with van der Waals surface area (Å²) in [6, 6.07) is 3.60. The van der Waals surface area contributed by atoms with Gasteiger partial charge in [0.25, 0.3) is 0 Å². The molecule has 0 saturated heterocycles. The Kier molecular flexibility index (Phi) is 12.7. The van der Waals surface area contributed by atoms with Crippen LogP contribution in [0, 0.1) is 5.41 Å². The maximum absolute atomic E-state index is 12.7. The molecule has 0 heterocycles. The van der Waals surface area contributed by atoms with E-state index >= 15 is 0 Å². The number of nitrogens with zero attached hydrogens (tertiary/aromatic N) is 1. The molecule has 0 bridgehead atoms. The number of sulfonamides is 1. The van der Waals surface area contributed by atoms with Gasteiger partial charge in [0.15, 0.2) is 5.96 Å². The van der Waals surface area contributed by atoms with Crippen LogP contribution in [-0.4, -0.2) is 74.6 Å². The Hall–Kier alpha value is -4.05. The minimum absolute atomic E-state index is 0.105. The molecule has 2 atom stereocenters. The van der Waals surface area contributed by atoms with Crippen LogP contribution < -0.4 is 32.6 Å². The number of benzene rings is 1. The number of carboxylic acids is 1. The van der Waals surface area contributed by atoms with E-state index in [1.165, 1.54) is 24.3 Å².